The topological polar surface area (TPSA) is 81.9 Å². The summed E-state index contributed by atoms with van der Waals surface area (Å²) in [4.78, 5) is 17.7. The van der Waals surface area contributed by atoms with Gasteiger partial charge in [-0.25, -0.2) is 13.1 Å². The van der Waals surface area contributed by atoms with Crippen molar-refractivity contribution in [2.75, 3.05) is 6.26 Å². The first-order chi connectivity index (χ1) is 14.4. The van der Waals surface area contributed by atoms with Gasteiger partial charge in [0.15, 0.2) is 9.84 Å². The Labute approximate surface area is 174 Å². The highest BCUT2D eigenvalue weighted by molar-refractivity contribution is 7.90. The molecule has 0 radical (unpaired) electrons. The van der Waals surface area contributed by atoms with Crippen molar-refractivity contribution in [3.05, 3.63) is 101 Å². The van der Waals surface area contributed by atoms with Crippen molar-refractivity contribution in [1.82, 2.24) is 14.8 Å². The third-order valence-corrected chi connectivity index (χ3v) is 5.89. The lowest BCUT2D eigenvalue weighted by Gasteiger charge is -2.13. The summed E-state index contributed by atoms with van der Waals surface area (Å²) in [5.41, 5.74) is 3.20. The summed E-state index contributed by atoms with van der Waals surface area (Å²) in [5, 5.41) is 4.37. The third kappa shape index (κ3) is 4.06. The fraction of sp³-hybridized carbons (Fsp3) is 0.0870. The van der Waals surface area contributed by atoms with Crippen LogP contribution in [0.4, 0.5) is 0 Å². The summed E-state index contributed by atoms with van der Waals surface area (Å²) >= 11 is 0. The molecule has 0 aliphatic rings. The average Bonchev–Trinajstić information content (AvgIpc) is 2.76. The molecule has 0 saturated heterocycles. The Kier molecular flexibility index (Phi) is 5.29. The standard InChI is InChI=1S/C23H19N3O3S/c1-30(28,29)20-11-9-18(10-12-20)21-15-25-26(16-17-6-3-2-4-7-17)23(27)22(21)19-8-5-13-24-14-19/h2-15H,16H2,1H3. The molecule has 4 rings (SSSR count). The van der Waals surface area contributed by atoms with Crippen molar-refractivity contribution < 1.29 is 8.42 Å². The van der Waals surface area contributed by atoms with Gasteiger partial charge in [-0.05, 0) is 29.3 Å². The van der Waals surface area contributed by atoms with E-state index in [0.717, 1.165) is 11.8 Å². The Hall–Kier alpha value is -3.58. The second kappa shape index (κ2) is 8.04. The predicted molar refractivity (Wildman–Crippen MR) is 116 cm³/mol. The van der Waals surface area contributed by atoms with E-state index in [0.29, 0.717) is 28.8 Å². The van der Waals surface area contributed by atoms with Crippen molar-refractivity contribution in [3.8, 4) is 22.3 Å². The summed E-state index contributed by atoms with van der Waals surface area (Å²) < 4.78 is 25.0. The summed E-state index contributed by atoms with van der Waals surface area (Å²) in [6, 6.07) is 19.7. The molecule has 0 unspecified atom stereocenters. The Morgan fingerprint density at radius 3 is 2.23 bits per heavy atom. The Morgan fingerprint density at radius 1 is 0.867 bits per heavy atom. The van der Waals surface area contributed by atoms with E-state index < -0.39 is 9.84 Å². The number of nitrogens with zero attached hydrogens (tertiary/aromatic N) is 3. The van der Waals surface area contributed by atoms with Crippen LogP contribution in [-0.4, -0.2) is 29.4 Å². The molecule has 0 aliphatic heterocycles. The molecule has 2 aromatic heterocycles. The average molecular weight is 417 g/mol. The molecule has 0 saturated carbocycles. The highest BCUT2D eigenvalue weighted by Gasteiger charge is 2.16. The van der Waals surface area contributed by atoms with Crippen molar-refractivity contribution in [2.24, 2.45) is 0 Å². The first kappa shape index (κ1) is 19.7. The van der Waals surface area contributed by atoms with Crippen molar-refractivity contribution >= 4 is 9.84 Å². The molecule has 0 bridgehead atoms. The van der Waals surface area contributed by atoms with E-state index in [1.54, 1.807) is 36.8 Å². The highest BCUT2D eigenvalue weighted by atomic mass is 32.2. The van der Waals surface area contributed by atoms with E-state index in [1.807, 2.05) is 36.4 Å². The number of rotatable bonds is 5. The maximum Gasteiger partial charge on any atom is 0.275 e. The molecule has 2 aromatic carbocycles. The zero-order chi connectivity index (χ0) is 21.1. The molecule has 30 heavy (non-hydrogen) atoms. The van der Waals surface area contributed by atoms with Gasteiger partial charge in [0.25, 0.3) is 5.56 Å². The number of aromatic nitrogens is 3. The lowest BCUT2D eigenvalue weighted by Crippen LogP contribution is -2.25. The van der Waals surface area contributed by atoms with Crippen LogP contribution in [0.15, 0.2) is 95.0 Å². The van der Waals surface area contributed by atoms with Crippen LogP contribution < -0.4 is 5.56 Å². The minimum Gasteiger partial charge on any atom is -0.267 e. The molecular formula is C23H19N3O3S. The zero-order valence-corrected chi connectivity index (χ0v) is 17.1. The fourth-order valence-electron chi connectivity index (χ4n) is 3.25. The monoisotopic (exact) mass is 417 g/mol. The quantitative estimate of drug-likeness (QED) is 0.497. The minimum absolute atomic E-state index is 0.222. The van der Waals surface area contributed by atoms with Crippen LogP contribution in [0.2, 0.25) is 0 Å². The van der Waals surface area contributed by atoms with E-state index in [4.69, 9.17) is 0 Å². The molecule has 0 amide bonds. The Balaban J connectivity index is 1.87. The lowest BCUT2D eigenvalue weighted by atomic mass is 9.98. The van der Waals surface area contributed by atoms with E-state index in [2.05, 4.69) is 10.1 Å². The molecule has 0 N–H and O–H groups in total. The van der Waals surface area contributed by atoms with Gasteiger partial charge in [-0.1, -0.05) is 48.5 Å². The van der Waals surface area contributed by atoms with E-state index in [1.165, 1.54) is 16.8 Å². The summed E-state index contributed by atoms with van der Waals surface area (Å²) in [6.45, 7) is 0.347. The summed E-state index contributed by atoms with van der Waals surface area (Å²) in [6.07, 6.45) is 6.09. The molecule has 150 valence electrons. The number of pyridine rings is 1. The van der Waals surface area contributed by atoms with Crippen LogP contribution >= 0.6 is 0 Å². The third-order valence-electron chi connectivity index (χ3n) is 4.76. The van der Waals surface area contributed by atoms with Gasteiger partial charge in [0.1, 0.15) is 0 Å². The van der Waals surface area contributed by atoms with Crippen LogP contribution in [0.25, 0.3) is 22.3 Å². The SMILES string of the molecule is CS(=O)(=O)c1ccc(-c2cnn(Cc3ccccc3)c(=O)c2-c2cccnc2)cc1. The smallest absolute Gasteiger partial charge is 0.267 e. The van der Waals surface area contributed by atoms with E-state index in [9.17, 15) is 13.2 Å². The van der Waals surface area contributed by atoms with Gasteiger partial charge in [0, 0.05) is 29.8 Å². The molecule has 0 spiro atoms. The second-order valence-electron chi connectivity index (χ2n) is 6.92. The Bertz CT molecular complexity index is 1330. The minimum atomic E-state index is -3.31. The molecule has 4 aromatic rings. The maximum absolute atomic E-state index is 13.4. The van der Waals surface area contributed by atoms with Gasteiger partial charge in [0.05, 0.1) is 23.2 Å². The van der Waals surface area contributed by atoms with Gasteiger partial charge in [-0.15, -0.1) is 0 Å². The zero-order valence-electron chi connectivity index (χ0n) is 16.3. The van der Waals surface area contributed by atoms with Crippen LogP contribution in [0.3, 0.4) is 0 Å². The van der Waals surface area contributed by atoms with Crippen molar-refractivity contribution in [1.29, 1.82) is 0 Å². The highest BCUT2D eigenvalue weighted by Crippen LogP contribution is 2.29. The summed E-state index contributed by atoms with van der Waals surface area (Å²) in [5.74, 6) is 0. The second-order valence-corrected chi connectivity index (χ2v) is 8.94. The van der Waals surface area contributed by atoms with Gasteiger partial charge in [-0.3, -0.25) is 9.78 Å². The molecule has 6 nitrogen and oxygen atoms in total. The first-order valence-electron chi connectivity index (χ1n) is 9.28. The first-order valence-corrected chi connectivity index (χ1v) is 11.2. The molecule has 7 heteroatoms. The molecule has 2 heterocycles. The number of sulfone groups is 1. The van der Waals surface area contributed by atoms with Crippen LogP contribution in [-0.2, 0) is 16.4 Å². The van der Waals surface area contributed by atoms with Crippen LogP contribution in [0.5, 0.6) is 0 Å². The van der Waals surface area contributed by atoms with Gasteiger partial charge in [-0.2, -0.15) is 5.10 Å². The summed E-state index contributed by atoms with van der Waals surface area (Å²) in [7, 11) is -3.31. The Morgan fingerprint density at radius 2 is 1.60 bits per heavy atom. The lowest BCUT2D eigenvalue weighted by molar-refractivity contribution is 0.602. The fourth-order valence-corrected chi connectivity index (χ4v) is 3.88. The van der Waals surface area contributed by atoms with Gasteiger partial charge >= 0.3 is 0 Å². The molecular weight excluding hydrogens is 398 g/mol. The van der Waals surface area contributed by atoms with Gasteiger partial charge < -0.3 is 0 Å². The number of hydrogen-bond acceptors (Lipinski definition) is 5. The van der Waals surface area contributed by atoms with Crippen LogP contribution in [0.1, 0.15) is 5.56 Å². The molecule has 0 fully saturated rings. The number of benzene rings is 2. The maximum atomic E-state index is 13.4. The van der Waals surface area contributed by atoms with Crippen molar-refractivity contribution in [3.63, 3.8) is 0 Å². The molecule has 0 aliphatic carbocycles. The van der Waals surface area contributed by atoms with E-state index in [-0.39, 0.29) is 10.5 Å². The largest absolute Gasteiger partial charge is 0.275 e. The number of hydrogen-bond donors (Lipinski definition) is 0. The normalized spacial score (nSPS) is 11.4. The predicted octanol–water partition coefficient (Wildman–Crippen LogP) is 3.42. The van der Waals surface area contributed by atoms with Crippen LogP contribution in [0, 0.1) is 0 Å². The van der Waals surface area contributed by atoms with Gasteiger partial charge in [0.2, 0.25) is 0 Å². The molecule has 0 atom stereocenters. The van der Waals surface area contributed by atoms with E-state index >= 15 is 0 Å². The van der Waals surface area contributed by atoms with Crippen molar-refractivity contribution in [2.45, 2.75) is 11.4 Å².